The number of fused-ring (bicyclic) bond motifs is 1. The molecule has 2 atom stereocenters. The van der Waals surface area contributed by atoms with Crippen LogP contribution in [0, 0.1) is 5.92 Å². The monoisotopic (exact) mass is 272 g/mol. The molecule has 2 aliphatic rings. The number of aryl methyl sites for hydroxylation is 1. The summed E-state index contributed by atoms with van der Waals surface area (Å²) in [7, 11) is 0. The van der Waals surface area contributed by atoms with Gasteiger partial charge in [-0.15, -0.1) is 0 Å². The van der Waals surface area contributed by atoms with Gasteiger partial charge in [0.1, 0.15) is 0 Å². The average Bonchev–Trinajstić information content (AvgIpc) is 2.69. The van der Waals surface area contributed by atoms with Gasteiger partial charge in [-0.25, -0.2) is 0 Å². The number of hydrogen-bond acceptors (Lipinski definition) is 2. The van der Waals surface area contributed by atoms with Gasteiger partial charge < -0.3 is 10.6 Å². The molecule has 3 rings (SSSR count). The zero-order chi connectivity index (χ0) is 14.0. The minimum absolute atomic E-state index is 0.210. The van der Waals surface area contributed by atoms with Crippen LogP contribution in [0.1, 0.15) is 51.0 Å². The highest BCUT2D eigenvalue weighted by Crippen LogP contribution is 2.40. The lowest BCUT2D eigenvalue weighted by Crippen LogP contribution is -2.55. The predicted molar refractivity (Wildman–Crippen MR) is 86.1 cm³/mol. The zero-order valence-corrected chi connectivity index (χ0v) is 12.8. The Labute approximate surface area is 123 Å². The van der Waals surface area contributed by atoms with Crippen molar-refractivity contribution in [1.29, 1.82) is 0 Å². The Morgan fingerprint density at radius 2 is 2.05 bits per heavy atom. The van der Waals surface area contributed by atoms with Gasteiger partial charge in [0.25, 0.3) is 0 Å². The van der Waals surface area contributed by atoms with Crippen LogP contribution in [0.5, 0.6) is 0 Å². The summed E-state index contributed by atoms with van der Waals surface area (Å²) in [6.07, 6.45) is 9.06. The fraction of sp³-hybridized carbons (Fsp3) is 0.667. The van der Waals surface area contributed by atoms with Crippen molar-refractivity contribution in [3.63, 3.8) is 0 Å². The van der Waals surface area contributed by atoms with Crippen molar-refractivity contribution in [2.45, 2.75) is 57.4 Å². The standard InChI is InChI=1S/C18H28N2/c1-15-6-4-11-18(14-19,12-10-15)20-13-5-8-16-7-2-3-9-17(16)20/h2-3,7,9,15H,4-6,8,10-14,19H2,1H3. The molecule has 0 aromatic heterocycles. The van der Waals surface area contributed by atoms with E-state index in [1.807, 2.05) is 0 Å². The fourth-order valence-corrected chi connectivity index (χ4v) is 4.17. The molecule has 1 aliphatic heterocycles. The summed E-state index contributed by atoms with van der Waals surface area (Å²) in [5, 5.41) is 0. The number of hydrogen-bond donors (Lipinski definition) is 1. The first-order valence-electron chi connectivity index (χ1n) is 8.31. The molecule has 110 valence electrons. The minimum atomic E-state index is 0.210. The number of nitrogens with two attached hydrogens (primary N) is 1. The second kappa shape index (κ2) is 5.77. The smallest absolute Gasteiger partial charge is 0.0524 e. The molecule has 1 saturated carbocycles. The van der Waals surface area contributed by atoms with Gasteiger partial charge in [-0.1, -0.05) is 38.0 Å². The quantitative estimate of drug-likeness (QED) is 0.831. The molecule has 1 fully saturated rings. The van der Waals surface area contributed by atoms with Gasteiger partial charge >= 0.3 is 0 Å². The second-order valence-corrected chi connectivity index (χ2v) is 6.85. The van der Waals surface area contributed by atoms with Gasteiger partial charge in [0.2, 0.25) is 0 Å². The van der Waals surface area contributed by atoms with Crippen molar-refractivity contribution in [3.8, 4) is 0 Å². The highest BCUT2D eigenvalue weighted by molar-refractivity contribution is 5.57. The maximum absolute atomic E-state index is 6.30. The van der Waals surface area contributed by atoms with Crippen molar-refractivity contribution >= 4 is 5.69 Å². The number of nitrogens with zero attached hydrogens (tertiary/aromatic N) is 1. The van der Waals surface area contributed by atoms with Gasteiger partial charge in [0.15, 0.2) is 0 Å². The Hall–Kier alpha value is -1.02. The number of para-hydroxylation sites is 1. The molecule has 0 radical (unpaired) electrons. The van der Waals surface area contributed by atoms with Crippen LogP contribution < -0.4 is 10.6 Å². The van der Waals surface area contributed by atoms with Gasteiger partial charge in [-0.2, -0.15) is 0 Å². The molecular weight excluding hydrogens is 244 g/mol. The van der Waals surface area contributed by atoms with Crippen molar-refractivity contribution in [2.75, 3.05) is 18.0 Å². The van der Waals surface area contributed by atoms with Crippen LogP contribution in [0.25, 0.3) is 0 Å². The van der Waals surface area contributed by atoms with Crippen molar-refractivity contribution in [2.24, 2.45) is 11.7 Å². The van der Waals surface area contributed by atoms with Crippen LogP contribution in [-0.2, 0) is 6.42 Å². The van der Waals surface area contributed by atoms with Crippen molar-refractivity contribution < 1.29 is 0 Å². The van der Waals surface area contributed by atoms with E-state index < -0.39 is 0 Å². The van der Waals surface area contributed by atoms with Crippen LogP contribution in [0.2, 0.25) is 0 Å². The molecule has 1 heterocycles. The van der Waals surface area contributed by atoms with E-state index in [-0.39, 0.29) is 5.54 Å². The molecule has 0 amide bonds. The van der Waals surface area contributed by atoms with Crippen LogP contribution in [-0.4, -0.2) is 18.6 Å². The molecule has 2 unspecified atom stereocenters. The lowest BCUT2D eigenvalue weighted by molar-refractivity contribution is 0.335. The SMILES string of the molecule is CC1CCCC(CN)(N2CCCc3ccccc32)CC1. The third-order valence-corrected chi connectivity index (χ3v) is 5.50. The highest BCUT2D eigenvalue weighted by Gasteiger charge is 2.38. The van der Waals surface area contributed by atoms with Gasteiger partial charge in [0, 0.05) is 18.8 Å². The minimum Gasteiger partial charge on any atom is -0.364 e. The van der Waals surface area contributed by atoms with Gasteiger partial charge in [0.05, 0.1) is 5.54 Å². The van der Waals surface area contributed by atoms with Crippen LogP contribution in [0.4, 0.5) is 5.69 Å². The molecule has 2 nitrogen and oxygen atoms in total. The first-order valence-corrected chi connectivity index (χ1v) is 8.31. The Balaban J connectivity index is 1.93. The van der Waals surface area contributed by atoms with Crippen LogP contribution >= 0.6 is 0 Å². The van der Waals surface area contributed by atoms with E-state index in [0.717, 1.165) is 12.5 Å². The van der Waals surface area contributed by atoms with E-state index >= 15 is 0 Å². The summed E-state index contributed by atoms with van der Waals surface area (Å²) >= 11 is 0. The van der Waals surface area contributed by atoms with E-state index in [1.54, 1.807) is 0 Å². The highest BCUT2D eigenvalue weighted by atomic mass is 15.2. The topological polar surface area (TPSA) is 29.3 Å². The van der Waals surface area contributed by atoms with E-state index in [0.29, 0.717) is 0 Å². The van der Waals surface area contributed by atoms with Crippen LogP contribution in [0.3, 0.4) is 0 Å². The molecular formula is C18H28N2. The lowest BCUT2D eigenvalue weighted by Gasteiger charge is -2.47. The summed E-state index contributed by atoms with van der Waals surface area (Å²) in [4.78, 5) is 2.67. The molecule has 1 aromatic carbocycles. The molecule has 1 aromatic rings. The van der Waals surface area contributed by atoms with E-state index in [1.165, 1.54) is 62.7 Å². The maximum atomic E-state index is 6.30. The normalized spacial score (nSPS) is 30.7. The lowest BCUT2D eigenvalue weighted by atomic mass is 9.84. The van der Waals surface area contributed by atoms with E-state index in [9.17, 15) is 0 Å². The molecule has 2 heteroatoms. The number of rotatable bonds is 2. The molecule has 0 saturated heterocycles. The molecule has 0 spiro atoms. The van der Waals surface area contributed by atoms with E-state index in [4.69, 9.17) is 5.73 Å². The van der Waals surface area contributed by atoms with Gasteiger partial charge in [-0.3, -0.25) is 0 Å². The summed E-state index contributed by atoms with van der Waals surface area (Å²) in [6, 6.07) is 8.96. The predicted octanol–water partition coefficient (Wildman–Crippen LogP) is 3.74. The summed E-state index contributed by atoms with van der Waals surface area (Å²) in [5.74, 6) is 0.864. The van der Waals surface area contributed by atoms with Gasteiger partial charge in [-0.05, 0) is 49.7 Å². The summed E-state index contributed by atoms with van der Waals surface area (Å²) in [5.41, 5.74) is 9.48. The Kier molecular flexibility index (Phi) is 4.02. The average molecular weight is 272 g/mol. The fourth-order valence-electron chi connectivity index (χ4n) is 4.17. The Morgan fingerprint density at radius 1 is 1.20 bits per heavy atom. The molecule has 1 aliphatic carbocycles. The zero-order valence-electron chi connectivity index (χ0n) is 12.8. The van der Waals surface area contributed by atoms with E-state index in [2.05, 4.69) is 36.1 Å². The third kappa shape index (κ3) is 2.46. The largest absolute Gasteiger partial charge is 0.364 e. The molecule has 2 N–H and O–H groups in total. The van der Waals surface area contributed by atoms with Crippen molar-refractivity contribution in [3.05, 3.63) is 29.8 Å². The Morgan fingerprint density at radius 3 is 2.90 bits per heavy atom. The maximum Gasteiger partial charge on any atom is 0.0524 e. The summed E-state index contributed by atoms with van der Waals surface area (Å²) < 4.78 is 0. The Bertz CT molecular complexity index is 456. The molecule has 20 heavy (non-hydrogen) atoms. The number of benzene rings is 1. The third-order valence-electron chi connectivity index (χ3n) is 5.50. The number of anilines is 1. The second-order valence-electron chi connectivity index (χ2n) is 6.85. The molecule has 0 bridgehead atoms. The first-order chi connectivity index (χ1) is 9.75. The van der Waals surface area contributed by atoms with Crippen molar-refractivity contribution in [1.82, 2.24) is 0 Å². The summed E-state index contributed by atoms with van der Waals surface area (Å²) in [6.45, 7) is 4.38. The first kappa shape index (κ1) is 13.9. The van der Waals surface area contributed by atoms with Crippen LogP contribution in [0.15, 0.2) is 24.3 Å².